The van der Waals surface area contributed by atoms with Gasteiger partial charge in [0.25, 0.3) is 10.1 Å². The number of allylic oxidation sites excluding steroid dienone is 1. The van der Waals surface area contributed by atoms with E-state index in [9.17, 15) is 18.3 Å². The minimum atomic E-state index is -4.03. The Morgan fingerprint density at radius 1 is 1.03 bits per heavy atom. The summed E-state index contributed by atoms with van der Waals surface area (Å²) >= 11 is 0. The monoisotopic (exact) mass is 490 g/mol. The molecule has 0 aliphatic heterocycles. The standard InChI is InChI=1S/C26H34O7S/c1-4-21(17-26(28)31-5-2)13-16-25(32-18-22-9-7-6-8-10-22)24(27)19-33-34(29,30)23-14-11-20(3)12-15-23/h6-16,21,24-25,27H,4-5,17-19H2,1-3H3/t21-,24-,25-/m0/s1. The fourth-order valence-corrected chi connectivity index (χ4v) is 4.06. The molecule has 34 heavy (non-hydrogen) atoms. The normalized spacial score (nSPS) is 14.6. The molecule has 1 N–H and O–H groups in total. The Labute approximate surface area is 202 Å². The van der Waals surface area contributed by atoms with Crippen molar-refractivity contribution in [2.24, 2.45) is 5.92 Å². The highest BCUT2D eigenvalue weighted by Gasteiger charge is 2.23. The predicted octanol–water partition coefficient (Wildman–Crippen LogP) is 4.18. The quantitative estimate of drug-likeness (QED) is 0.241. The van der Waals surface area contributed by atoms with E-state index in [1.54, 1.807) is 31.2 Å². The van der Waals surface area contributed by atoms with Crippen LogP contribution in [0.25, 0.3) is 0 Å². The molecule has 0 heterocycles. The average molecular weight is 491 g/mol. The maximum atomic E-state index is 12.5. The number of aliphatic hydroxyl groups excluding tert-OH is 1. The molecule has 0 saturated heterocycles. The number of aliphatic hydroxyl groups is 1. The molecule has 0 fully saturated rings. The first-order chi connectivity index (χ1) is 16.2. The lowest BCUT2D eigenvalue weighted by Gasteiger charge is -2.21. The van der Waals surface area contributed by atoms with Gasteiger partial charge in [0.1, 0.15) is 12.2 Å². The van der Waals surface area contributed by atoms with Crippen molar-refractivity contribution in [3.63, 3.8) is 0 Å². The van der Waals surface area contributed by atoms with Gasteiger partial charge in [0.2, 0.25) is 0 Å². The zero-order valence-electron chi connectivity index (χ0n) is 19.9. The van der Waals surface area contributed by atoms with Crippen molar-refractivity contribution < 1.29 is 32.0 Å². The van der Waals surface area contributed by atoms with Gasteiger partial charge in [-0.1, -0.05) is 67.1 Å². The van der Waals surface area contributed by atoms with Gasteiger partial charge < -0.3 is 14.6 Å². The Balaban J connectivity index is 2.09. The van der Waals surface area contributed by atoms with Gasteiger partial charge in [-0.2, -0.15) is 8.42 Å². The van der Waals surface area contributed by atoms with E-state index in [0.29, 0.717) is 13.0 Å². The van der Waals surface area contributed by atoms with Crippen LogP contribution >= 0.6 is 0 Å². The zero-order valence-corrected chi connectivity index (χ0v) is 20.7. The molecule has 0 unspecified atom stereocenters. The van der Waals surface area contributed by atoms with E-state index in [2.05, 4.69) is 0 Å². The third kappa shape index (κ3) is 9.38. The Hall–Kier alpha value is -2.52. The van der Waals surface area contributed by atoms with Crippen molar-refractivity contribution in [2.75, 3.05) is 13.2 Å². The second-order valence-electron chi connectivity index (χ2n) is 7.94. The van der Waals surface area contributed by atoms with Gasteiger partial charge in [-0.15, -0.1) is 0 Å². The molecule has 2 rings (SSSR count). The van der Waals surface area contributed by atoms with Crippen molar-refractivity contribution in [3.8, 4) is 0 Å². The first kappa shape index (κ1) is 27.7. The third-order valence-electron chi connectivity index (χ3n) is 5.20. The van der Waals surface area contributed by atoms with Gasteiger partial charge in [0.05, 0.1) is 31.1 Å². The summed E-state index contributed by atoms with van der Waals surface area (Å²) in [6.07, 6.45) is 2.26. The Morgan fingerprint density at radius 2 is 1.71 bits per heavy atom. The molecule has 8 heteroatoms. The van der Waals surface area contributed by atoms with Crippen LogP contribution in [0.2, 0.25) is 0 Å². The lowest BCUT2D eigenvalue weighted by Crippen LogP contribution is -2.32. The molecular formula is C26H34O7S. The Kier molecular flexibility index (Phi) is 11.4. The topological polar surface area (TPSA) is 99.1 Å². The molecule has 0 aromatic heterocycles. The van der Waals surface area contributed by atoms with Crippen molar-refractivity contribution in [1.29, 1.82) is 0 Å². The summed E-state index contributed by atoms with van der Waals surface area (Å²) in [7, 11) is -4.03. The second kappa shape index (κ2) is 14.0. The highest BCUT2D eigenvalue weighted by atomic mass is 32.2. The van der Waals surface area contributed by atoms with E-state index in [-0.39, 0.29) is 29.8 Å². The molecule has 0 radical (unpaired) electrons. The first-order valence-corrected chi connectivity index (χ1v) is 12.8. The van der Waals surface area contributed by atoms with Crippen LogP contribution in [0, 0.1) is 12.8 Å². The van der Waals surface area contributed by atoms with Gasteiger partial charge in [-0.25, -0.2) is 0 Å². The van der Waals surface area contributed by atoms with Gasteiger partial charge in [0, 0.05) is 0 Å². The molecule has 0 spiro atoms. The predicted molar refractivity (Wildman–Crippen MR) is 130 cm³/mol. The summed E-state index contributed by atoms with van der Waals surface area (Å²) in [6.45, 7) is 5.60. The summed E-state index contributed by atoms with van der Waals surface area (Å²) in [5.74, 6) is -0.403. The Bertz CT molecular complexity index is 1000. The second-order valence-corrected chi connectivity index (χ2v) is 9.56. The van der Waals surface area contributed by atoms with Crippen molar-refractivity contribution in [1.82, 2.24) is 0 Å². The number of hydrogen-bond acceptors (Lipinski definition) is 7. The van der Waals surface area contributed by atoms with E-state index in [4.69, 9.17) is 13.7 Å². The van der Waals surface area contributed by atoms with Gasteiger partial charge >= 0.3 is 5.97 Å². The van der Waals surface area contributed by atoms with Crippen LogP contribution in [0.15, 0.2) is 71.6 Å². The molecule has 2 aromatic carbocycles. The molecule has 2 aromatic rings. The van der Waals surface area contributed by atoms with Crippen LogP contribution in [-0.4, -0.2) is 44.9 Å². The van der Waals surface area contributed by atoms with E-state index in [1.807, 2.05) is 44.2 Å². The van der Waals surface area contributed by atoms with Crippen LogP contribution in [-0.2, 0) is 35.2 Å². The van der Waals surface area contributed by atoms with E-state index < -0.39 is 28.9 Å². The van der Waals surface area contributed by atoms with Crippen LogP contribution in [0.5, 0.6) is 0 Å². The molecule has 3 atom stereocenters. The fourth-order valence-electron chi connectivity index (χ4n) is 3.14. The lowest BCUT2D eigenvalue weighted by molar-refractivity contribution is -0.143. The Morgan fingerprint density at radius 3 is 2.32 bits per heavy atom. The minimum absolute atomic E-state index is 0.0167. The molecular weight excluding hydrogens is 456 g/mol. The SMILES string of the molecule is CCOC(=O)C[C@H](C=C[C@H](OCc1ccccc1)[C@@H](O)COS(=O)(=O)c1ccc(C)cc1)CC. The largest absolute Gasteiger partial charge is 0.466 e. The van der Waals surface area contributed by atoms with E-state index in [1.165, 1.54) is 12.1 Å². The number of esters is 1. The molecule has 0 amide bonds. The van der Waals surface area contributed by atoms with E-state index >= 15 is 0 Å². The molecule has 0 aliphatic carbocycles. The van der Waals surface area contributed by atoms with Gasteiger partial charge in [0.15, 0.2) is 0 Å². The number of rotatable bonds is 14. The van der Waals surface area contributed by atoms with Gasteiger partial charge in [-0.3, -0.25) is 8.98 Å². The summed E-state index contributed by atoms with van der Waals surface area (Å²) in [5.41, 5.74) is 1.83. The summed E-state index contributed by atoms with van der Waals surface area (Å²) < 4.78 is 41.0. The van der Waals surface area contributed by atoms with Crippen molar-refractivity contribution in [3.05, 3.63) is 77.9 Å². The highest BCUT2D eigenvalue weighted by Crippen LogP contribution is 2.17. The first-order valence-electron chi connectivity index (χ1n) is 11.4. The van der Waals surface area contributed by atoms with Crippen molar-refractivity contribution in [2.45, 2.75) is 57.3 Å². The zero-order chi connectivity index (χ0) is 25.0. The number of hydrogen-bond donors (Lipinski definition) is 1. The van der Waals surface area contributed by atoms with Crippen LogP contribution in [0.1, 0.15) is 37.8 Å². The average Bonchev–Trinajstić information content (AvgIpc) is 2.83. The van der Waals surface area contributed by atoms with Crippen LogP contribution in [0.4, 0.5) is 0 Å². The number of carbonyl (C=O) groups is 1. The lowest BCUT2D eigenvalue weighted by atomic mass is 10.0. The molecule has 186 valence electrons. The minimum Gasteiger partial charge on any atom is -0.466 e. The van der Waals surface area contributed by atoms with Gasteiger partial charge in [-0.05, 0) is 43.9 Å². The maximum Gasteiger partial charge on any atom is 0.306 e. The number of aryl methyl sites for hydroxylation is 1. The van der Waals surface area contributed by atoms with Crippen LogP contribution in [0.3, 0.4) is 0 Å². The molecule has 0 saturated carbocycles. The van der Waals surface area contributed by atoms with Crippen molar-refractivity contribution >= 4 is 16.1 Å². The molecule has 7 nitrogen and oxygen atoms in total. The number of carbonyl (C=O) groups excluding carboxylic acids is 1. The van der Waals surface area contributed by atoms with E-state index in [0.717, 1.165) is 11.1 Å². The number of ether oxygens (including phenoxy) is 2. The molecule has 0 aliphatic rings. The summed E-state index contributed by atoms with van der Waals surface area (Å²) in [5, 5.41) is 10.7. The maximum absolute atomic E-state index is 12.5. The summed E-state index contributed by atoms with van der Waals surface area (Å²) in [6, 6.07) is 15.7. The third-order valence-corrected chi connectivity index (χ3v) is 6.50. The highest BCUT2D eigenvalue weighted by molar-refractivity contribution is 7.86. The van der Waals surface area contributed by atoms with Crippen LogP contribution < -0.4 is 0 Å². The fraction of sp³-hybridized carbons (Fsp3) is 0.423. The number of benzene rings is 2. The smallest absolute Gasteiger partial charge is 0.306 e. The molecule has 0 bridgehead atoms. The summed E-state index contributed by atoms with van der Waals surface area (Å²) in [4.78, 5) is 11.9.